The van der Waals surface area contributed by atoms with Crippen molar-refractivity contribution in [1.29, 1.82) is 0 Å². The van der Waals surface area contributed by atoms with Crippen molar-refractivity contribution in [1.82, 2.24) is 20.4 Å². The number of nitrogens with one attached hydrogen (secondary N) is 2. The van der Waals surface area contributed by atoms with Gasteiger partial charge in [-0.3, -0.25) is 0 Å². The molecule has 0 spiro atoms. The average molecular weight is 242 g/mol. The van der Waals surface area contributed by atoms with E-state index in [2.05, 4.69) is 10.6 Å². The summed E-state index contributed by atoms with van der Waals surface area (Å²) in [4.78, 5) is 26.3. The molecule has 0 atom stereocenters. The molecule has 1 aliphatic heterocycles. The van der Waals surface area contributed by atoms with Gasteiger partial charge in [-0.15, -0.1) is 0 Å². The molecule has 1 aliphatic rings. The fraction of sp³-hybridized carbons (Fsp3) is 0.818. The van der Waals surface area contributed by atoms with Crippen molar-refractivity contribution in [3.05, 3.63) is 0 Å². The van der Waals surface area contributed by atoms with E-state index in [4.69, 9.17) is 0 Å². The Bertz CT molecular complexity index is 275. The first-order valence-electron chi connectivity index (χ1n) is 6.06. The number of carbonyl (C=O) groups is 2. The van der Waals surface area contributed by atoms with Gasteiger partial charge in [-0.1, -0.05) is 0 Å². The smallest absolute Gasteiger partial charge is 0.327 e. The maximum Gasteiger partial charge on any atom is 0.327 e. The fourth-order valence-electron chi connectivity index (χ4n) is 1.83. The molecule has 0 radical (unpaired) electrons. The normalized spacial score (nSPS) is 16.4. The molecule has 0 unspecified atom stereocenters. The van der Waals surface area contributed by atoms with Crippen LogP contribution in [0.2, 0.25) is 0 Å². The number of hydrogen-bond acceptors (Lipinski definition) is 3. The van der Waals surface area contributed by atoms with Gasteiger partial charge in [-0.25, -0.2) is 14.5 Å². The molecular weight excluding hydrogens is 220 g/mol. The second kappa shape index (κ2) is 6.44. The molecular formula is C11H22N4O2. The molecule has 0 bridgehead atoms. The van der Waals surface area contributed by atoms with E-state index in [0.717, 1.165) is 25.9 Å². The number of imide groups is 1. The van der Waals surface area contributed by atoms with Crippen LogP contribution in [0.5, 0.6) is 0 Å². The van der Waals surface area contributed by atoms with Gasteiger partial charge >= 0.3 is 12.1 Å². The van der Waals surface area contributed by atoms with Crippen LogP contribution in [0.4, 0.5) is 9.59 Å². The molecule has 0 aromatic heterocycles. The van der Waals surface area contributed by atoms with Crippen LogP contribution in [0, 0.1) is 0 Å². The maximum atomic E-state index is 11.9. The number of hydrogen-bond donors (Lipinski definition) is 2. The molecule has 17 heavy (non-hydrogen) atoms. The third-order valence-electron chi connectivity index (χ3n) is 2.84. The lowest BCUT2D eigenvalue weighted by atomic mass is 10.1. The summed E-state index contributed by atoms with van der Waals surface area (Å²) in [5, 5.41) is 6.14. The van der Waals surface area contributed by atoms with Crippen LogP contribution in [0.15, 0.2) is 0 Å². The van der Waals surface area contributed by atoms with Crippen LogP contribution in [0.25, 0.3) is 0 Å². The third kappa shape index (κ3) is 3.89. The Hall–Kier alpha value is -1.30. The second-order valence-electron chi connectivity index (χ2n) is 4.40. The van der Waals surface area contributed by atoms with Crippen LogP contribution in [0.1, 0.15) is 19.8 Å². The van der Waals surface area contributed by atoms with E-state index in [1.807, 2.05) is 0 Å². The second-order valence-corrected chi connectivity index (χ2v) is 4.40. The van der Waals surface area contributed by atoms with Crippen LogP contribution in [-0.4, -0.2) is 61.6 Å². The minimum atomic E-state index is -0.293. The lowest BCUT2D eigenvalue weighted by molar-refractivity contribution is 0.166. The fourth-order valence-corrected chi connectivity index (χ4v) is 1.83. The Morgan fingerprint density at radius 1 is 1.29 bits per heavy atom. The van der Waals surface area contributed by atoms with E-state index in [1.165, 1.54) is 9.80 Å². The van der Waals surface area contributed by atoms with Gasteiger partial charge in [0.1, 0.15) is 0 Å². The van der Waals surface area contributed by atoms with Gasteiger partial charge in [-0.2, -0.15) is 0 Å². The van der Waals surface area contributed by atoms with E-state index in [1.54, 1.807) is 21.0 Å². The lowest BCUT2D eigenvalue weighted by Gasteiger charge is -2.28. The minimum absolute atomic E-state index is 0.174. The molecule has 1 rings (SSSR count). The molecule has 1 saturated heterocycles. The van der Waals surface area contributed by atoms with Crippen molar-refractivity contribution in [2.45, 2.75) is 25.8 Å². The quantitative estimate of drug-likeness (QED) is 0.739. The van der Waals surface area contributed by atoms with E-state index in [0.29, 0.717) is 6.54 Å². The average Bonchev–Trinajstić information content (AvgIpc) is 2.30. The van der Waals surface area contributed by atoms with E-state index in [9.17, 15) is 9.59 Å². The summed E-state index contributed by atoms with van der Waals surface area (Å²) in [5.74, 6) is 0. The Labute approximate surface area is 102 Å². The van der Waals surface area contributed by atoms with Crippen LogP contribution >= 0.6 is 0 Å². The molecule has 2 N–H and O–H groups in total. The number of nitrogens with zero attached hydrogens (tertiary/aromatic N) is 2. The first-order valence-corrected chi connectivity index (χ1v) is 6.06. The highest BCUT2D eigenvalue weighted by Gasteiger charge is 2.24. The third-order valence-corrected chi connectivity index (χ3v) is 2.84. The largest absolute Gasteiger partial charge is 0.335 e. The topological polar surface area (TPSA) is 64.7 Å². The summed E-state index contributed by atoms with van der Waals surface area (Å²) in [5.41, 5.74) is 0. The van der Waals surface area contributed by atoms with Gasteiger partial charge in [0, 0.05) is 26.7 Å². The molecule has 6 nitrogen and oxygen atoms in total. The predicted molar refractivity (Wildman–Crippen MR) is 65.9 cm³/mol. The van der Waals surface area contributed by atoms with Gasteiger partial charge in [0.25, 0.3) is 0 Å². The van der Waals surface area contributed by atoms with Crippen LogP contribution in [0.3, 0.4) is 0 Å². The molecule has 1 heterocycles. The zero-order chi connectivity index (χ0) is 12.8. The van der Waals surface area contributed by atoms with Gasteiger partial charge in [0.15, 0.2) is 0 Å². The van der Waals surface area contributed by atoms with Crippen molar-refractivity contribution in [2.24, 2.45) is 0 Å². The van der Waals surface area contributed by atoms with E-state index < -0.39 is 0 Å². The summed E-state index contributed by atoms with van der Waals surface area (Å²) >= 11 is 0. The zero-order valence-corrected chi connectivity index (χ0v) is 10.8. The summed E-state index contributed by atoms with van der Waals surface area (Å²) in [6.07, 6.45) is 1.83. The molecule has 0 saturated carbocycles. The molecule has 0 aromatic rings. The van der Waals surface area contributed by atoms with Crippen molar-refractivity contribution in [2.75, 3.05) is 33.7 Å². The summed E-state index contributed by atoms with van der Waals surface area (Å²) in [6, 6.07) is -0.398. The summed E-state index contributed by atoms with van der Waals surface area (Å²) < 4.78 is 0. The molecule has 4 amide bonds. The van der Waals surface area contributed by atoms with Gasteiger partial charge in [-0.05, 0) is 32.9 Å². The summed E-state index contributed by atoms with van der Waals surface area (Å²) in [6.45, 7) is 4.01. The van der Waals surface area contributed by atoms with Gasteiger partial charge < -0.3 is 15.5 Å². The van der Waals surface area contributed by atoms with Crippen molar-refractivity contribution in [3.63, 3.8) is 0 Å². The Morgan fingerprint density at radius 2 is 1.88 bits per heavy atom. The van der Waals surface area contributed by atoms with Gasteiger partial charge in [0.2, 0.25) is 0 Å². The maximum absolute atomic E-state index is 11.9. The molecule has 0 aromatic carbocycles. The monoisotopic (exact) mass is 242 g/mol. The zero-order valence-electron chi connectivity index (χ0n) is 10.8. The predicted octanol–water partition coefficient (Wildman–Crippen LogP) is 0.452. The highest BCUT2D eigenvalue weighted by molar-refractivity contribution is 5.93. The number of carbonyl (C=O) groups excluding carboxylic acids is 2. The Kier molecular flexibility index (Phi) is 5.21. The number of piperidine rings is 1. The standard InChI is InChI=1S/C11H22N4O2/c1-4-15(11(17)14(2)3)10(16)13-9-5-7-12-8-6-9/h9,12H,4-8H2,1-3H3,(H,13,16). The number of rotatable bonds is 2. The number of amides is 4. The van der Waals surface area contributed by atoms with Crippen molar-refractivity contribution in [3.8, 4) is 0 Å². The SMILES string of the molecule is CCN(C(=O)NC1CCNCC1)C(=O)N(C)C. The van der Waals surface area contributed by atoms with E-state index in [-0.39, 0.29) is 18.1 Å². The van der Waals surface area contributed by atoms with E-state index >= 15 is 0 Å². The van der Waals surface area contributed by atoms with Gasteiger partial charge in [0.05, 0.1) is 0 Å². The molecule has 0 aliphatic carbocycles. The Balaban J connectivity index is 2.51. The molecule has 98 valence electrons. The first-order chi connectivity index (χ1) is 8.06. The Morgan fingerprint density at radius 3 is 2.35 bits per heavy atom. The number of urea groups is 2. The summed E-state index contributed by atoms with van der Waals surface area (Å²) in [7, 11) is 3.28. The van der Waals surface area contributed by atoms with Crippen molar-refractivity contribution >= 4 is 12.1 Å². The van der Waals surface area contributed by atoms with Crippen LogP contribution < -0.4 is 10.6 Å². The molecule has 1 fully saturated rings. The first kappa shape index (κ1) is 13.8. The minimum Gasteiger partial charge on any atom is -0.335 e. The molecule has 6 heteroatoms. The highest BCUT2D eigenvalue weighted by Crippen LogP contribution is 2.04. The highest BCUT2D eigenvalue weighted by atomic mass is 16.2. The lowest BCUT2D eigenvalue weighted by Crippen LogP contribution is -2.52. The van der Waals surface area contributed by atoms with Crippen molar-refractivity contribution < 1.29 is 9.59 Å². The van der Waals surface area contributed by atoms with Crippen LogP contribution in [-0.2, 0) is 0 Å².